The number of benzene rings is 1. The number of Topliss-reactive ketones (excluding diaryl/α,β-unsaturated/α-hetero) is 1. The quantitative estimate of drug-likeness (QED) is 0.509. The molecule has 0 radical (unpaired) electrons. The summed E-state index contributed by atoms with van der Waals surface area (Å²) in [5.74, 6) is -0.866. The van der Waals surface area contributed by atoms with Gasteiger partial charge in [-0.15, -0.1) is 0 Å². The fourth-order valence-electron chi connectivity index (χ4n) is 2.60. The predicted octanol–water partition coefficient (Wildman–Crippen LogP) is 2.54. The highest BCUT2D eigenvalue weighted by molar-refractivity contribution is 6.11. The van der Waals surface area contributed by atoms with E-state index < -0.39 is 17.2 Å². The van der Waals surface area contributed by atoms with Crippen LogP contribution in [-0.2, 0) is 11.2 Å². The highest BCUT2D eigenvalue weighted by Crippen LogP contribution is 2.26. The topological polar surface area (TPSA) is 116 Å². The lowest BCUT2D eigenvalue weighted by molar-refractivity contribution is -0.112. The Kier molecular flexibility index (Phi) is 3.88. The molecular weight excluding hydrogens is 310 g/mol. The number of aromatic nitrogens is 1. The van der Waals surface area contributed by atoms with Gasteiger partial charge in [0.2, 0.25) is 0 Å². The number of nitrogens with one attached hydrogen (secondary N) is 1. The Morgan fingerprint density at radius 2 is 2.21 bits per heavy atom. The number of rotatable bonds is 3. The number of ketones is 1. The molecule has 2 N–H and O–H groups in total. The van der Waals surface area contributed by atoms with Gasteiger partial charge in [0.25, 0.3) is 5.91 Å². The van der Waals surface area contributed by atoms with Crippen LogP contribution in [0.2, 0.25) is 0 Å². The molecule has 0 saturated heterocycles. The Balaban J connectivity index is 1.88. The molecule has 0 fully saturated rings. The molecule has 1 aliphatic carbocycles. The maximum atomic E-state index is 12.3. The number of aliphatic hydroxyl groups is 1. The summed E-state index contributed by atoms with van der Waals surface area (Å²) in [5.41, 5.74) is 1.71. The summed E-state index contributed by atoms with van der Waals surface area (Å²) in [4.78, 5) is 23.9. The normalized spacial score (nSPS) is 13.9. The number of aliphatic hydroxyl groups excluding tert-OH is 1. The minimum atomic E-state index is -0.750. The molecule has 1 heterocycles. The van der Waals surface area contributed by atoms with Crippen LogP contribution in [0.25, 0.3) is 5.76 Å². The number of fused-ring (bicyclic) bond motifs is 1. The van der Waals surface area contributed by atoms with Crippen LogP contribution in [0.15, 0.2) is 34.5 Å². The Hall–Kier alpha value is -3.40. The van der Waals surface area contributed by atoms with Crippen molar-refractivity contribution in [1.82, 2.24) is 5.16 Å². The number of hydrogen-bond donors (Lipinski definition) is 2. The van der Waals surface area contributed by atoms with Gasteiger partial charge in [0, 0.05) is 17.7 Å². The molecule has 1 aliphatic rings. The van der Waals surface area contributed by atoms with Crippen molar-refractivity contribution in [1.29, 1.82) is 5.26 Å². The first-order chi connectivity index (χ1) is 11.5. The Morgan fingerprint density at radius 3 is 2.88 bits per heavy atom. The van der Waals surface area contributed by atoms with Gasteiger partial charge in [-0.1, -0.05) is 5.16 Å². The summed E-state index contributed by atoms with van der Waals surface area (Å²) in [7, 11) is 0. The van der Waals surface area contributed by atoms with Gasteiger partial charge in [0.15, 0.2) is 17.1 Å². The van der Waals surface area contributed by atoms with E-state index in [4.69, 9.17) is 4.52 Å². The summed E-state index contributed by atoms with van der Waals surface area (Å²) in [5, 5.41) is 25.4. The second-order valence-corrected chi connectivity index (χ2v) is 5.38. The van der Waals surface area contributed by atoms with Gasteiger partial charge in [0.1, 0.15) is 11.8 Å². The number of carbonyl (C=O) groups is 2. The summed E-state index contributed by atoms with van der Waals surface area (Å²) >= 11 is 0. The van der Waals surface area contributed by atoms with Crippen LogP contribution in [0, 0.1) is 18.3 Å². The summed E-state index contributed by atoms with van der Waals surface area (Å²) < 4.78 is 4.82. The largest absolute Gasteiger partial charge is 0.506 e. The molecule has 0 atom stereocenters. The standard InChI is InChI=1S/C17H13N3O4/c1-9-14(8-19-24-9)16(22)13(7-18)17(23)20-11-3-4-12-10(6-11)2-5-15(12)21/h3-4,6,8,22H,2,5H2,1H3,(H,20,23)/b16-13-. The van der Waals surface area contributed by atoms with E-state index in [9.17, 15) is 20.0 Å². The number of amides is 1. The third kappa shape index (κ3) is 2.65. The molecule has 0 unspecified atom stereocenters. The third-order valence-corrected chi connectivity index (χ3v) is 3.87. The molecule has 7 heteroatoms. The van der Waals surface area contributed by atoms with Crippen LogP contribution in [0.3, 0.4) is 0 Å². The van der Waals surface area contributed by atoms with Crippen molar-refractivity contribution < 1.29 is 19.2 Å². The first-order valence-electron chi connectivity index (χ1n) is 7.23. The summed E-state index contributed by atoms with van der Waals surface area (Å²) in [6, 6.07) is 6.64. The van der Waals surface area contributed by atoms with Gasteiger partial charge in [0.05, 0.1) is 11.8 Å². The fourth-order valence-corrected chi connectivity index (χ4v) is 2.60. The number of nitriles is 1. The Labute approximate surface area is 137 Å². The second kappa shape index (κ2) is 6.01. The average molecular weight is 323 g/mol. The van der Waals surface area contributed by atoms with Gasteiger partial charge in [-0.3, -0.25) is 9.59 Å². The minimum absolute atomic E-state index is 0.0843. The summed E-state index contributed by atoms with van der Waals surface area (Å²) in [6.45, 7) is 1.56. The van der Waals surface area contributed by atoms with E-state index in [2.05, 4.69) is 10.5 Å². The number of aryl methyl sites for hydroxylation is 2. The number of anilines is 1. The van der Waals surface area contributed by atoms with E-state index in [0.717, 1.165) is 5.56 Å². The van der Waals surface area contributed by atoms with Crippen LogP contribution < -0.4 is 5.32 Å². The summed E-state index contributed by atoms with van der Waals surface area (Å²) in [6.07, 6.45) is 2.32. The van der Waals surface area contributed by atoms with E-state index in [1.54, 1.807) is 31.2 Å². The highest BCUT2D eigenvalue weighted by atomic mass is 16.5. The van der Waals surface area contributed by atoms with Gasteiger partial charge in [-0.2, -0.15) is 5.26 Å². The molecule has 7 nitrogen and oxygen atoms in total. The van der Waals surface area contributed by atoms with Crippen molar-refractivity contribution in [3.8, 4) is 6.07 Å². The average Bonchev–Trinajstić information content (AvgIpc) is 3.14. The Bertz CT molecular complexity index is 918. The molecule has 24 heavy (non-hydrogen) atoms. The van der Waals surface area contributed by atoms with E-state index in [1.807, 2.05) is 0 Å². The number of carbonyl (C=O) groups excluding carboxylic acids is 2. The zero-order valence-corrected chi connectivity index (χ0v) is 12.8. The van der Waals surface area contributed by atoms with Crippen LogP contribution in [-0.4, -0.2) is 22.0 Å². The molecule has 3 rings (SSSR count). The lowest BCUT2D eigenvalue weighted by Crippen LogP contribution is -2.15. The van der Waals surface area contributed by atoms with Gasteiger partial charge < -0.3 is 14.9 Å². The lowest BCUT2D eigenvalue weighted by Gasteiger charge is -2.07. The van der Waals surface area contributed by atoms with Crippen LogP contribution in [0.4, 0.5) is 5.69 Å². The zero-order valence-electron chi connectivity index (χ0n) is 12.8. The smallest absolute Gasteiger partial charge is 0.270 e. The van der Waals surface area contributed by atoms with Gasteiger partial charge in [-0.05, 0) is 37.1 Å². The fraction of sp³-hybridized carbons (Fsp3) is 0.176. The molecule has 120 valence electrons. The molecule has 0 aliphatic heterocycles. The number of nitrogens with zero attached hydrogens (tertiary/aromatic N) is 2. The molecule has 1 amide bonds. The second-order valence-electron chi connectivity index (χ2n) is 5.38. The molecule has 2 aromatic rings. The van der Waals surface area contributed by atoms with E-state index in [1.165, 1.54) is 6.20 Å². The van der Waals surface area contributed by atoms with Crippen molar-refractivity contribution in [3.63, 3.8) is 0 Å². The monoisotopic (exact) mass is 323 g/mol. The first-order valence-corrected chi connectivity index (χ1v) is 7.23. The van der Waals surface area contributed by atoms with Gasteiger partial charge >= 0.3 is 0 Å². The van der Waals surface area contributed by atoms with Crippen molar-refractivity contribution in [2.45, 2.75) is 19.8 Å². The third-order valence-electron chi connectivity index (χ3n) is 3.87. The maximum Gasteiger partial charge on any atom is 0.270 e. The Morgan fingerprint density at radius 1 is 1.42 bits per heavy atom. The molecule has 0 bridgehead atoms. The zero-order chi connectivity index (χ0) is 17.3. The van der Waals surface area contributed by atoms with Crippen LogP contribution in [0.5, 0.6) is 0 Å². The van der Waals surface area contributed by atoms with Crippen LogP contribution in [0.1, 0.15) is 33.7 Å². The molecule has 1 aromatic carbocycles. The molecule has 1 aromatic heterocycles. The van der Waals surface area contributed by atoms with E-state index in [0.29, 0.717) is 29.9 Å². The SMILES string of the molecule is Cc1oncc1/C(O)=C(\C#N)C(=O)Nc1ccc2c(c1)CCC2=O. The van der Waals surface area contributed by atoms with E-state index >= 15 is 0 Å². The maximum absolute atomic E-state index is 12.3. The predicted molar refractivity (Wildman–Crippen MR) is 84.1 cm³/mol. The van der Waals surface area contributed by atoms with Crippen molar-refractivity contribution >= 4 is 23.1 Å². The number of hydrogen-bond acceptors (Lipinski definition) is 6. The minimum Gasteiger partial charge on any atom is -0.506 e. The van der Waals surface area contributed by atoms with Gasteiger partial charge in [-0.25, -0.2) is 0 Å². The first kappa shape index (κ1) is 15.5. The molecular formula is C17H13N3O4. The lowest BCUT2D eigenvalue weighted by atomic mass is 10.1. The van der Waals surface area contributed by atoms with E-state index in [-0.39, 0.29) is 11.3 Å². The van der Waals surface area contributed by atoms with Crippen molar-refractivity contribution in [2.24, 2.45) is 0 Å². The highest BCUT2D eigenvalue weighted by Gasteiger charge is 2.22. The molecule has 0 spiro atoms. The van der Waals surface area contributed by atoms with Crippen LogP contribution >= 0.6 is 0 Å². The van der Waals surface area contributed by atoms with Crippen molar-refractivity contribution in [3.05, 3.63) is 52.4 Å². The molecule has 0 saturated carbocycles. The van der Waals surface area contributed by atoms with Crippen molar-refractivity contribution in [2.75, 3.05) is 5.32 Å².